The Morgan fingerprint density at radius 1 is 1.12 bits per heavy atom. The van der Waals surface area contributed by atoms with Gasteiger partial charge in [0.2, 0.25) is 5.91 Å². The minimum atomic E-state index is -0.266. The van der Waals surface area contributed by atoms with Crippen LogP contribution in [0.4, 0.5) is 5.69 Å². The third kappa shape index (κ3) is 3.81. The van der Waals surface area contributed by atoms with Crippen molar-refractivity contribution < 1.29 is 19.1 Å². The number of rotatable bonds is 4. The highest BCUT2D eigenvalue weighted by Gasteiger charge is 2.13. The van der Waals surface area contributed by atoms with Crippen LogP contribution in [0.2, 0.25) is 0 Å². The summed E-state index contributed by atoms with van der Waals surface area (Å²) in [6.07, 6.45) is 1.54. The van der Waals surface area contributed by atoms with E-state index in [9.17, 15) is 9.59 Å². The topological polar surface area (TPSA) is 89.6 Å². The molecule has 0 unspecified atom stereocenters. The van der Waals surface area contributed by atoms with Crippen LogP contribution in [0.25, 0.3) is 0 Å². The van der Waals surface area contributed by atoms with Crippen molar-refractivity contribution in [2.24, 2.45) is 0 Å². The van der Waals surface area contributed by atoms with Gasteiger partial charge in [0.05, 0.1) is 12.2 Å². The molecule has 1 aromatic carbocycles. The summed E-state index contributed by atoms with van der Waals surface area (Å²) in [7, 11) is 0. The molecule has 7 heteroatoms. The van der Waals surface area contributed by atoms with Gasteiger partial charge in [-0.1, -0.05) is 0 Å². The summed E-state index contributed by atoms with van der Waals surface area (Å²) in [6, 6.07) is 8.50. The normalized spacial score (nSPS) is 12.4. The van der Waals surface area contributed by atoms with Gasteiger partial charge in [-0.05, 0) is 24.3 Å². The standard InChI is InChI=1S/C17H17N3O4/c1-11(21)19-10-14-8-12(4-5-18-14)17(22)20-13-2-3-15-16(9-13)24-7-6-23-15/h2-5,8-9H,6-7,10H2,1H3,(H,19,21)(H,20,22). The molecule has 0 radical (unpaired) electrons. The molecule has 0 atom stereocenters. The molecular formula is C17H17N3O4. The van der Waals surface area contributed by atoms with Crippen molar-refractivity contribution >= 4 is 17.5 Å². The first kappa shape index (κ1) is 15.8. The average Bonchev–Trinajstić information content (AvgIpc) is 2.60. The number of pyridine rings is 1. The second-order valence-corrected chi connectivity index (χ2v) is 5.26. The number of anilines is 1. The van der Waals surface area contributed by atoms with Crippen molar-refractivity contribution in [1.82, 2.24) is 10.3 Å². The molecule has 2 heterocycles. The van der Waals surface area contributed by atoms with Crippen molar-refractivity contribution in [3.63, 3.8) is 0 Å². The minimum Gasteiger partial charge on any atom is -0.486 e. The van der Waals surface area contributed by atoms with Crippen LogP contribution >= 0.6 is 0 Å². The fourth-order valence-corrected chi connectivity index (χ4v) is 2.26. The van der Waals surface area contributed by atoms with Gasteiger partial charge in [-0.25, -0.2) is 0 Å². The molecule has 0 saturated heterocycles. The SMILES string of the molecule is CC(=O)NCc1cc(C(=O)Nc2ccc3c(c2)OCCO3)ccn1. The molecule has 124 valence electrons. The summed E-state index contributed by atoms with van der Waals surface area (Å²) in [5.74, 6) is 0.863. The first-order chi connectivity index (χ1) is 11.6. The Morgan fingerprint density at radius 3 is 2.71 bits per heavy atom. The van der Waals surface area contributed by atoms with Crippen LogP contribution in [0.3, 0.4) is 0 Å². The zero-order valence-electron chi connectivity index (χ0n) is 13.2. The van der Waals surface area contributed by atoms with Crippen molar-refractivity contribution in [3.05, 3.63) is 47.8 Å². The fraction of sp³-hybridized carbons (Fsp3) is 0.235. The number of amides is 2. The summed E-state index contributed by atoms with van der Waals surface area (Å²) in [5.41, 5.74) is 1.68. The van der Waals surface area contributed by atoms with Gasteiger partial charge in [0.15, 0.2) is 11.5 Å². The predicted octanol–water partition coefficient (Wildman–Crippen LogP) is 1.74. The largest absolute Gasteiger partial charge is 0.486 e. The van der Waals surface area contributed by atoms with Crippen molar-refractivity contribution in [2.75, 3.05) is 18.5 Å². The lowest BCUT2D eigenvalue weighted by Crippen LogP contribution is -2.20. The van der Waals surface area contributed by atoms with E-state index in [0.717, 1.165) is 0 Å². The molecule has 0 bridgehead atoms. The molecule has 3 rings (SSSR count). The molecule has 2 amide bonds. The average molecular weight is 327 g/mol. The molecule has 2 N–H and O–H groups in total. The van der Waals surface area contributed by atoms with E-state index in [2.05, 4.69) is 15.6 Å². The third-order valence-corrected chi connectivity index (χ3v) is 3.40. The summed E-state index contributed by atoms with van der Waals surface area (Å²) in [4.78, 5) is 27.5. The van der Waals surface area contributed by atoms with Crippen LogP contribution in [-0.2, 0) is 11.3 Å². The molecule has 0 spiro atoms. The second-order valence-electron chi connectivity index (χ2n) is 5.26. The zero-order valence-corrected chi connectivity index (χ0v) is 13.2. The van der Waals surface area contributed by atoms with E-state index in [1.165, 1.54) is 13.1 Å². The third-order valence-electron chi connectivity index (χ3n) is 3.40. The van der Waals surface area contributed by atoms with Gasteiger partial charge in [0.25, 0.3) is 5.91 Å². The van der Waals surface area contributed by atoms with Gasteiger partial charge in [0.1, 0.15) is 13.2 Å². The maximum absolute atomic E-state index is 12.4. The Labute approximate surface area is 139 Å². The summed E-state index contributed by atoms with van der Waals surface area (Å²) < 4.78 is 10.9. The first-order valence-electron chi connectivity index (χ1n) is 7.52. The Balaban J connectivity index is 1.70. The number of aromatic nitrogens is 1. The highest BCUT2D eigenvalue weighted by molar-refractivity contribution is 6.04. The van der Waals surface area contributed by atoms with Crippen LogP contribution < -0.4 is 20.1 Å². The Hall–Kier alpha value is -3.09. The smallest absolute Gasteiger partial charge is 0.255 e. The van der Waals surface area contributed by atoms with Gasteiger partial charge in [-0.2, -0.15) is 0 Å². The number of hydrogen-bond donors (Lipinski definition) is 2. The van der Waals surface area contributed by atoms with Crippen LogP contribution in [-0.4, -0.2) is 30.0 Å². The molecule has 0 fully saturated rings. The van der Waals surface area contributed by atoms with E-state index < -0.39 is 0 Å². The lowest BCUT2D eigenvalue weighted by molar-refractivity contribution is -0.119. The van der Waals surface area contributed by atoms with E-state index in [0.29, 0.717) is 41.7 Å². The Bertz CT molecular complexity index is 776. The molecule has 2 aromatic rings. The van der Waals surface area contributed by atoms with Crippen molar-refractivity contribution in [2.45, 2.75) is 13.5 Å². The van der Waals surface area contributed by atoms with Gasteiger partial charge < -0.3 is 20.1 Å². The molecule has 7 nitrogen and oxygen atoms in total. The summed E-state index contributed by atoms with van der Waals surface area (Å²) in [5, 5.41) is 5.46. The van der Waals surface area contributed by atoms with Crippen LogP contribution in [0.15, 0.2) is 36.5 Å². The van der Waals surface area contributed by atoms with E-state index in [1.54, 1.807) is 30.3 Å². The van der Waals surface area contributed by atoms with Crippen LogP contribution in [0, 0.1) is 0 Å². The lowest BCUT2D eigenvalue weighted by atomic mass is 10.2. The number of hydrogen-bond acceptors (Lipinski definition) is 5. The Morgan fingerprint density at radius 2 is 1.92 bits per heavy atom. The number of carbonyl (C=O) groups excluding carboxylic acids is 2. The maximum Gasteiger partial charge on any atom is 0.255 e. The van der Waals surface area contributed by atoms with E-state index >= 15 is 0 Å². The lowest BCUT2D eigenvalue weighted by Gasteiger charge is -2.19. The molecule has 0 aliphatic carbocycles. The Kier molecular flexibility index (Phi) is 4.60. The quantitative estimate of drug-likeness (QED) is 0.893. The molecule has 1 aromatic heterocycles. The van der Waals surface area contributed by atoms with Crippen molar-refractivity contribution in [1.29, 1.82) is 0 Å². The number of ether oxygens (including phenoxy) is 2. The highest BCUT2D eigenvalue weighted by Crippen LogP contribution is 2.32. The second kappa shape index (κ2) is 6.99. The zero-order chi connectivity index (χ0) is 16.9. The van der Waals surface area contributed by atoms with Gasteiger partial charge in [-0.3, -0.25) is 14.6 Å². The van der Waals surface area contributed by atoms with Crippen LogP contribution in [0.5, 0.6) is 11.5 Å². The summed E-state index contributed by atoms with van der Waals surface area (Å²) in [6.45, 7) is 2.72. The number of fused-ring (bicyclic) bond motifs is 1. The molecular weight excluding hydrogens is 310 g/mol. The monoisotopic (exact) mass is 327 g/mol. The van der Waals surface area contributed by atoms with Gasteiger partial charge in [-0.15, -0.1) is 0 Å². The molecule has 24 heavy (non-hydrogen) atoms. The molecule has 0 saturated carbocycles. The number of nitrogens with one attached hydrogen (secondary N) is 2. The fourth-order valence-electron chi connectivity index (χ4n) is 2.26. The van der Waals surface area contributed by atoms with E-state index in [4.69, 9.17) is 9.47 Å². The highest BCUT2D eigenvalue weighted by atomic mass is 16.6. The van der Waals surface area contributed by atoms with Crippen molar-refractivity contribution in [3.8, 4) is 11.5 Å². The van der Waals surface area contributed by atoms with Crippen LogP contribution in [0.1, 0.15) is 23.0 Å². The number of benzene rings is 1. The van der Waals surface area contributed by atoms with Gasteiger partial charge >= 0.3 is 0 Å². The number of carbonyl (C=O) groups is 2. The summed E-state index contributed by atoms with van der Waals surface area (Å²) >= 11 is 0. The van der Waals surface area contributed by atoms with E-state index in [-0.39, 0.29) is 18.4 Å². The molecule has 1 aliphatic heterocycles. The first-order valence-corrected chi connectivity index (χ1v) is 7.52. The predicted molar refractivity (Wildman–Crippen MR) is 87.1 cm³/mol. The minimum absolute atomic E-state index is 0.150. The number of nitrogens with zero attached hydrogens (tertiary/aromatic N) is 1. The molecule has 1 aliphatic rings. The maximum atomic E-state index is 12.4. The van der Waals surface area contributed by atoms with Gasteiger partial charge in [0, 0.05) is 30.4 Å². The van der Waals surface area contributed by atoms with E-state index in [1.807, 2.05) is 0 Å².